The molecule has 13 heteroatoms. The summed E-state index contributed by atoms with van der Waals surface area (Å²) in [6, 6.07) is 4.59. The van der Waals surface area contributed by atoms with Gasteiger partial charge in [-0.25, -0.2) is 22.7 Å². The molecule has 0 bridgehead atoms. The number of hydrogen-bond acceptors (Lipinski definition) is 7. The number of unbranched alkanes of at least 4 members (excludes halogenated alkanes) is 1. The van der Waals surface area contributed by atoms with Crippen molar-refractivity contribution in [2.45, 2.75) is 44.4 Å². The van der Waals surface area contributed by atoms with Gasteiger partial charge in [-0.15, -0.1) is 0 Å². The lowest BCUT2D eigenvalue weighted by molar-refractivity contribution is -0.137. The highest BCUT2D eigenvalue weighted by Gasteiger charge is 2.32. The third kappa shape index (κ3) is 7.77. The molecule has 0 unspecified atom stereocenters. The number of rotatable bonds is 10. The molecular formula is C21H26ClF3N4O4S. The van der Waals surface area contributed by atoms with E-state index in [9.17, 15) is 26.8 Å². The van der Waals surface area contributed by atoms with E-state index in [0.29, 0.717) is 37.9 Å². The molecule has 0 atom stereocenters. The Bertz CT molecular complexity index is 1040. The minimum Gasteiger partial charge on any atom is -0.489 e. The van der Waals surface area contributed by atoms with Gasteiger partial charge in [0, 0.05) is 38.4 Å². The van der Waals surface area contributed by atoms with Gasteiger partial charge in [0.1, 0.15) is 23.6 Å². The van der Waals surface area contributed by atoms with Crippen molar-refractivity contribution in [1.82, 2.24) is 19.3 Å². The van der Waals surface area contributed by atoms with Crippen LogP contribution < -0.4 is 4.74 Å². The zero-order chi connectivity index (χ0) is 24.8. The lowest BCUT2D eigenvalue weighted by Crippen LogP contribution is -2.45. The van der Waals surface area contributed by atoms with Gasteiger partial charge in [0.05, 0.1) is 10.6 Å². The summed E-state index contributed by atoms with van der Waals surface area (Å²) in [5, 5.41) is 10.7. The van der Waals surface area contributed by atoms with Crippen molar-refractivity contribution >= 4 is 21.6 Å². The summed E-state index contributed by atoms with van der Waals surface area (Å²) in [7, 11) is -3.72. The molecule has 1 aromatic heterocycles. The normalized spacial score (nSPS) is 16.2. The van der Waals surface area contributed by atoms with Gasteiger partial charge in [-0.05, 0) is 49.9 Å². The summed E-state index contributed by atoms with van der Waals surface area (Å²) in [5.41, 5.74) is -0.868. The Morgan fingerprint density at radius 3 is 2.47 bits per heavy atom. The fraction of sp³-hybridized carbons (Fsp3) is 0.524. The number of aryl methyl sites for hydroxylation is 1. The van der Waals surface area contributed by atoms with Crippen molar-refractivity contribution in [3.63, 3.8) is 0 Å². The summed E-state index contributed by atoms with van der Waals surface area (Å²) in [4.78, 5) is 8.23. The molecule has 1 aliphatic heterocycles. The number of halogens is 4. The van der Waals surface area contributed by atoms with Gasteiger partial charge in [0.2, 0.25) is 10.0 Å². The zero-order valence-electron chi connectivity index (χ0n) is 18.3. The lowest BCUT2D eigenvalue weighted by atomic mass is 10.1. The van der Waals surface area contributed by atoms with Crippen LogP contribution in [0.2, 0.25) is 5.02 Å². The third-order valence-electron chi connectivity index (χ3n) is 5.35. The maximum absolute atomic E-state index is 12.8. The molecule has 34 heavy (non-hydrogen) atoms. The fourth-order valence-electron chi connectivity index (χ4n) is 3.55. The number of sulfonamides is 1. The Kier molecular flexibility index (Phi) is 9.10. The van der Waals surface area contributed by atoms with Gasteiger partial charge >= 0.3 is 6.18 Å². The second kappa shape index (κ2) is 11.6. The standard InChI is InChI=1S/C21H26ClF3N4O4S/c22-18-14-16(21(23,24)25)5-6-19(18)33-17-7-12-29(13-8-17)34(31,32)15-28(30)11-2-1-4-20-26-9-3-10-27-20/h3,5-6,9-10,14,17,30H,1-2,4,7-8,11-13,15H2. The van der Waals surface area contributed by atoms with Crippen LogP contribution in [0, 0.1) is 0 Å². The maximum Gasteiger partial charge on any atom is 0.416 e. The van der Waals surface area contributed by atoms with Gasteiger partial charge in [-0.1, -0.05) is 11.6 Å². The van der Waals surface area contributed by atoms with Gasteiger partial charge in [0.25, 0.3) is 0 Å². The Balaban J connectivity index is 1.42. The summed E-state index contributed by atoms with van der Waals surface area (Å²) in [6.45, 7) is 0.535. The van der Waals surface area contributed by atoms with E-state index in [0.717, 1.165) is 17.2 Å². The molecule has 2 aromatic rings. The minimum atomic E-state index is -4.50. The van der Waals surface area contributed by atoms with E-state index in [4.69, 9.17) is 16.3 Å². The smallest absolute Gasteiger partial charge is 0.416 e. The van der Waals surface area contributed by atoms with Crippen LogP contribution in [0.15, 0.2) is 36.7 Å². The molecule has 1 N–H and O–H groups in total. The molecule has 1 fully saturated rings. The van der Waals surface area contributed by atoms with E-state index in [-0.39, 0.29) is 36.5 Å². The van der Waals surface area contributed by atoms with E-state index in [1.54, 1.807) is 18.5 Å². The van der Waals surface area contributed by atoms with E-state index >= 15 is 0 Å². The number of aromatic nitrogens is 2. The summed E-state index contributed by atoms with van der Waals surface area (Å²) < 4.78 is 70.6. The number of ether oxygens (including phenoxy) is 1. The molecule has 2 heterocycles. The Labute approximate surface area is 201 Å². The first-order valence-corrected chi connectivity index (χ1v) is 12.7. The van der Waals surface area contributed by atoms with Crippen molar-refractivity contribution in [1.29, 1.82) is 0 Å². The zero-order valence-corrected chi connectivity index (χ0v) is 19.9. The lowest BCUT2D eigenvalue weighted by Gasteiger charge is -2.32. The number of hydrogen-bond donors (Lipinski definition) is 1. The molecule has 3 rings (SSSR count). The molecule has 0 saturated carbocycles. The fourth-order valence-corrected chi connectivity index (χ4v) is 5.21. The maximum atomic E-state index is 12.8. The van der Waals surface area contributed by atoms with E-state index < -0.39 is 27.6 Å². The second-order valence-electron chi connectivity index (χ2n) is 7.95. The first-order chi connectivity index (χ1) is 16.0. The number of piperidine rings is 1. The quantitative estimate of drug-likeness (QED) is 0.372. The predicted octanol–water partition coefficient (Wildman–Crippen LogP) is 3.99. The van der Waals surface area contributed by atoms with Crippen molar-refractivity contribution in [2.75, 3.05) is 25.5 Å². The highest BCUT2D eigenvalue weighted by Crippen LogP contribution is 2.35. The largest absolute Gasteiger partial charge is 0.489 e. The van der Waals surface area contributed by atoms with E-state index in [2.05, 4.69) is 9.97 Å². The average molecular weight is 523 g/mol. The van der Waals surface area contributed by atoms with Crippen LogP contribution in [-0.2, 0) is 22.6 Å². The van der Waals surface area contributed by atoms with Crippen LogP contribution >= 0.6 is 11.6 Å². The second-order valence-corrected chi connectivity index (χ2v) is 10.3. The Morgan fingerprint density at radius 1 is 1.18 bits per heavy atom. The van der Waals surface area contributed by atoms with Crippen molar-refractivity contribution in [3.05, 3.63) is 53.1 Å². The van der Waals surface area contributed by atoms with Gasteiger partial charge in [-0.3, -0.25) is 0 Å². The van der Waals surface area contributed by atoms with Gasteiger partial charge < -0.3 is 9.94 Å². The van der Waals surface area contributed by atoms with Crippen molar-refractivity contribution < 1.29 is 31.5 Å². The predicted molar refractivity (Wildman–Crippen MR) is 119 cm³/mol. The van der Waals surface area contributed by atoms with Crippen molar-refractivity contribution in [3.8, 4) is 5.75 Å². The molecule has 0 amide bonds. The highest BCUT2D eigenvalue weighted by molar-refractivity contribution is 7.89. The topological polar surface area (TPSA) is 95.9 Å². The molecule has 188 valence electrons. The van der Waals surface area contributed by atoms with Crippen LogP contribution in [0.4, 0.5) is 13.2 Å². The van der Waals surface area contributed by atoms with Crippen LogP contribution in [0.1, 0.15) is 37.1 Å². The summed E-state index contributed by atoms with van der Waals surface area (Å²) in [6.07, 6.45) is 1.03. The average Bonchev–Trinajstić information content (AvgIpc) is 2.78. The van der Waals surface area contributed by atoms with E-state index in [1.165, 1.54) is 10.4 Å². The van der Waals surface area contributed by atoms with Crippen LogP contribution in [0.25, 0.3) is 0 Å². The third-order valence-corrected chi connectivity index (χ3v) is 7.42. The molecular weight excluding hydrogens is 497 g/mol. The number of hydroxylamine groups is 2. The Morgan fingerprint density at radius 2 is 1.85 bits per heavy atom. The molecule has 1 aromatic carbocycles. The first-order valence-electron chi connectivity index (χ1n) is 10.8. The summed E-state index contributed by atoms with van der Waals surface area (Å²) >= 11 is 5.93. The number of alkyl halides is 3. The first kappa shape index (κ1) is 26.6. The SMILES string of the molecule is O=S(=O)(CN(O)CCCCc1ncccn1)N1CCC(Oc2ccc(C(F)(F)F)cc2Cl)CC1. The minimum absolute atomic E-state index is 0.124. The summed E-state index contributed by atoms with van der Waals surface area (Å²) in [5.74, 6) is 0.297. The van der Waals surface area contributed by atoms with Crippen LogP contribution in [-0.4, -0.2) is 64.6 Å². The highest BCUT2D eigenvalue weighted by atomic mass is 35.5. The number of benzene rings is 1. The van der Waals surface area contributed by atoms with Gasteiger partial charge in [-0.2, -0.15) is 18.2 Å². The number of nitrogens with zero attached hydrogens (tertiary/aromatic N) is 4. The molecule has 1 saturated heterocycles. The monoisotopic (exact) mass is 522 g/mol. The van der Waals surface area contributed by atoms with E-state index in [1.807, 2.05) is 0 Å². The molecule has 0 radical (unpaired) electrons. The molecule has 8 nitrogen and oxygen atoms in total. The molecule has 1 aliphatic rings. The van der Waals surface area contributed by atoms with Crippen molar-refractivity contribution in [2.24, 2.45) is 0 Å². The molecule has 0 spiro atoms. The van der Waals surface area contributed by atoms with Gasteiger partial charge in [0.15, 0.2) is 0 Å². The Hall–Kier alpha value is -1.99. The van der Waals surface area contributed by atoms with Crippen LogP contribution in [0.5, 0.6) is 5.75 Å². The molecule has 0 aliphatic carbocycles. The van der Waals surface area contributed by atoms with Crippen LogP contribution in [0.3, 0.4) is 0 Å².